The monoisotopic (exact) mass is 517 g/mol. The van der Waals surface area contributed by atoms with Crippen molar-refractivity contribution in [2.24, 2.45) is 0 Å². The van der Waals surface area contributed by atoms with Gasteiger partial charge in [-0.1, -0.05) is 48.5 Å². The van der Waals surface area contributed by atoms with Gasteiger partial charge >= 0.3 is 0 Å². The molecule has 0 saturated carbocycles. The van der Waals surface area contributed by atoms with Crippen molar-refractivity contribution >= 4 is 23.2 Å². The van der Waals surface area contributed by atoms with Crippen molar-refractivity contribution in [2.45, 2.75) is 5.92 Å². The van der Waals surface area contributed by atoms with Crippen LogP contribution in [0.5, 0.6) is 11.5 Å². The van der Waals surface area contributed by atoms with Gasteiger partial charge in [-0.15, -0.1) is 0 Å². The SMILES string of the molecule is O=C(Nc1ccc(N2CCN(C(=O)C3c4ccccc4-c4ccccc43)CC2)cc1)c1ccc2c(c1)OCO2. The number of hydrogen-bond donors (Lipinski definition) is 1. The number of nitrogens with zero attached hydrogens (tertiary/aromatic N) is 2. The van der Waals surface area contributed by atoms with Gasteiger partial charge in [0, 0.05) is 43.1 Å². The molecule has 1 fully saturated rings. The van der Waals surface area contributed by atoms with Gasteiger partial charge in [0.15, 0.2) is 11.5 Å². The third-order valence-electron chi connectivity index (χ3n) is 7.80. The summed E-state index contributed by atoms with van der Waals surface area (Å²) in [6.07, 6.45) is 0. The third kappa shape index (κ3) is 4.16. The smallest absolute Gasteiger partial charge is 0.255 e. The highest BCUT2D eigenvalue weighted by Crippen LogP contribution is 2.45. The number of hydrogen-bond acceptors (Lipinski definition) is 5. The fourth-order valence-corrected chi connectivity index (χ4v) is 5.79. The van der Waals surface area contributed by atoms with Crippen LogP contribution in [0.15, 0.2) is 91.0 Å². The third-order valence-corrected chi connectivity index (χ3v) is 7.80. The lowest BCUT2D eigenvalue weighted by molar-refractivity contribution is -0.132. The van der Waals surface area contributed by atoms with E-state index in [2.05, 4.69) is 34.5 Å². The molecule has 1 saturated heterocycles. The Morgan fingerprint density at radius 2 is 1.36 bits per heavy atom. The molecule has 0 atom stereocenters. The zero-order valence-corrected chi connectivity index (χ0v) is 21.3. The highest BCUT2D eigenvalue weighted by molar-refractivity contribution is 6.04. The van der Waals surface area contributed by atoms with Crippen molar-refractivity contribution in [3.05, 3.63) is 108 Å². The average molecular weight is 518 g/mol. The van der Waals surface area contributed by atoms with Crippen LogP contribution in [0.3, 0.4) is 0 Å². The van der Waals surface area contributed by atoms with Crippen LogP contribution < -0.4 is 19.7 Å². The van der Waals surface area contributed by atoms with Crippen molar-refractivity contribution < 1.29 is 19.1 Å². The highest BCUT2D eigenvalue weighted by Gasteiger charge is 2.36. The number of nitrogens with one attached hydrogen (secondary N) is 1. The Morgan fingerprint density at radius 1 is 0.718 bits per heavy atom. The van der Waals surface area contributed by atoms with Gasteiger partial charge in [-0.05, 0) is 64.7 Å². The number of benzene rings is 4. The van der Waals surface area contributed by atoms with Gasteiger partial charge in [-0.3, -0.25) is 9.59 Å². The number of carbonyl (C=O) groups excluding carboxylic acids is 2. The van der Waals surface area contributed by atoms with Gasteiger partial charge in [0.05, 0.1) is 5.92 Å². The summed E-state index contributed by atoms with van der Waals surface area (Å²) in [5, 5.41) is 2.94. The molecule has 2 heterocycles. The largest absolute Gasteiger partial charge is 0.454 e. The van der Waals surface area contributed by atoms with E-state index < -0.39 is 0 Å². The molecular weight excluding hydrogens is 490 g/mol. The summed E-state index contributed by atoms with van der Waals surface area (Å²) < 4.78 is 10.7. The molecule has 0 unspecified atom stereocenters. The van der Waals surface area contributed by atoms with Crippen LogP contribution in [0.25, 0.3) is 11.1 Å². The first-order valence-electron chi connectivity index (χ1n) is 13.2. The average Bonchev–Trinajstić information content (AvgIpc) is 3.59. The first kappa shape index (κ1) is 23.3. The molecule has 1 aliphatic carbocycles. The number of rotatable bonds is 4. The summed E-state index contributed by atoms with van der Waals surface area (Å²) in [5.74, 6) is 0.959. The van der Waals surface area contributed by atoms with E-state index in [0.717, 1.165) is 41.0 Å². The number of ether oxygens (including phenoxy) is 2. The van der Waals surface area contributed by atoms with E-state index in [4.69, 9.17) is 9.47 Å². The molecule has 7 heteroatoms. The van der Waals surface area contributed by atoms with Gasteiger partial charge in [0.1, 0.15) is 0 Å². The Bertz CT molecular complexity index is 1530. The highest BCUT2D eigenvalue weighted by atomic mass is 16.7. The molecule has 7 nitrogen and oxygen atoms in total. The first-order chi connectivity index (χ1) is 19.2. The van der Waals surface area contributed by atoms with Crippen molar-refractivity contribution in [2.75, 3.05) is 43.2 Å². The lowest BCUT2D eigenvalue weighted by Gasteiger charge is -2.37. The molecule has 4 aromatic rings. The normalized spacial score (nSPS) is 15.6. The molecule has 39 heavy (non-hydrogen) atoms. The number of amides is 2. The van der Waals surface area contributed by atoms with E-state index >= 15 is 0 Å². The van der Waals surface area contributed by atoms with E-state index in [9.17, 15) is 9.59 Å². The predicted octanol–water partition coefficient (Wildman–Crippen LogP) is 5.13. The second-order valence-electron chi connectivity index (χ2n) is 9.99. The van der Waals surface area contributed by atoms with Crippen molar-refractivity contribution in [1.82, 2.24) is 4.90 Å². The summed E-state index contributed by atoms with van der Waals surface area (Å²) in [6.45, 7) is 3.02. The lowest BCUT2D eigenvalue weighted by Crippen LogP contribution is -2.50. The zero-order valence-electron chi connectivity index (χ0n) is 21.3. The van der Waals surface area contributed by atoms with Crippen LogP contribution in [-0.4, -0.2) is 49.7 Å². The van der Waals surface area contributed by atoms with Crippen LogP contribution in [0.4, 0.5) is 11.4 Å². The maximum Gasteiger partial charge on any atom is 0.255 e. The summed E-state index contributed by atoms with van der Waals surface area (Å²) in [4.78, 5) is 30.7. The van der Waals surface area contributed by atoms with Gasteiger partial charge < -0.3 is 24.6 Å². The fraction of sp³-hybridized carbons (Fsp3) is 0.188. The maximum absolute atomic E-state index is 13.7. The Kier molecular flexibility index (Phi) is 5.69. The summed E-state index contributed by atoms with van der Waals surface area (Å²) in [7, 11) is 0. The maximum atomic E-state index is 13.7. The Hall–Kier alpha value is -4.78. The van der Waals surface area contributed by atoms with E-state index in [1.54, 1.807) is 18.2 Å². The Labute approximate surface area is 226 Å². The minimum Gasteiger partial charge on any atom is -0.454 e. The van der Waals surface area contributed by atoms with Crippen molar-refractivity contribution in [3.63, 3.8) is 0 Å². The van der Waals surface area contributed by atoms with Crippen LogP contribution in [-0.2, 0) is 4.79 Å². The van der Waals surface area contributed by atoms with Crippen molar-refractivity contribution in [1.29, 1.82) is 0 Å². The Morgan fingerprint density at radius 3 is 2.05 bits per heavy atom. The van der Waals surface area contributed by atoms with E-state index in [1.165, 1.54) is 0 Å². The zero-order chi connectivity index (χ0) is 26.3. The van der Waals surface area contributed by atoms with Crippen LogP contribution in [0.2, 0.25) is 0 Å². The predicted molar refractivity (Wildman–Crippen MR) is 149 cm³/mol. The van der Waals surface area contributed by atoms with E-state index in [-0.39, 0.29) is 24.5 Å². The molecule has 0 spiro atoms. The lowest BCUT2D eigenvalue weighted by atomic mass is 9.95. The summed E-state index contributed by atoms with van der Waals surface area (Å²) >= 11 is 0. The van der Waals surface area contributed by atoms with Gasteiger partial charge in [-0.25, -0.2) is 0 Å². The Balaban J connectivity index is 0.994. The molecule has 0 bridgehead atoms. The van der Waals surface area contributed by atoms with Gasteiger partial charge in [0.2, 0.25) is 12.7 Å². The molecule has 1 N–H and O–H groups in total. The molecule has 4 aromatic carbocycles. The van der Waals surface area contributed by atoms with E-state index in [0.29, 0.717) is 35.8 Å². The standard InChI is InChI=1S/C32H27N3O4/c36-31(21-9-14-28-29(19-21)39-20-38-28)33-22-10-12-23(13-11-22)34-15-17-35(18-16-34)32(37)30-26-7-3-1-5-24(26)25-6-2-4-8-27(25)30/h1-14,19,30H,15-18,20H2,(H,33,36). The number of fused-ring (bicyclic) bond motifs is 4. The van der Waals surface area contributed by atoms with Crippen LogP contribution in [0.1, 0.15) is 27.4 Å². The quantitative estimate of drug-likeness (QED) is 0.407. The van der Waals surface area contributed by atoms with Crippen LogP contribution >= 0.6 is 0 Å². The topological polar surface area (TPSA) is 71.1 Å². The molecule has 2 amide bonds. The molecule has 2 aliphatic heterocycles. The number of piperazine rings is 1. The van der Waals surface area contributed by atoms with Crippen LogP contribution in [0, 0.1) is 0 Å². The minimum atomic E-state index is -0.239. The summed E-state index contributed by atoms with van der Waals surface area (Å²) in [6, 6.07) is 29.5. The minimum absolute atomic E-state index is 0.173. The van der Waals surface area contributed by atoms with E-state index in [1.807, 2.05) is 53.4 Å². The van der Waals surface area contributed by atoms with Crippen molar-refractivity contribution in [3.8, 4) is 22.6 Å². The second-order valence-corrected chi connectivity index (χ2v) is 9.99. The molecule has 3 aliphatic rings. The molecule has 0 radical (unpaired) electrons. The summed E-state index contributed by atoms with van der Waals surface area (Å²) in [5.41, 5.74) is 6.82. The van der Waals surface area contributed by atoms with Gasteiger partial charge in [0.25, 0.3) is 5.91 Å². The van der Waals surface area contributed by atoms with Gasteiger partial charge in [-0.2, -0.15) is 0 Å². The molecule has 7 rings (SSSR count). The second kappa shape index (κ2) is 9.51. The molecule has 0 aromatic heterocycles. The number of anilines is 2. The fourth-order valence-electron chi connectivity index (χ4n) is 5.79. The first-order valence-corrected chi connectivity index (χ1v) is 13.2. The molecule has 194 valence electrons. The number of carbonyl (C=O) groups is 2. The molecular formula is C32H27N3O4.